The summed E-state index contributed by atoms with van der Waals surface area (Å²) in [4.78, 5) is 0. The number of rotatable bonds is 7. The Labute approximate surface area is 100 Å². The summed E-state index contributed by atoms with van der Waals surface area (Å²) in [6.07, 6.45) is 3.98. The summed E-state index contributed by atoms with van der Waals surface area (Å²) < 4.78 is 0. The topological polar surface area (TPSA) is 12.0 Å². The van der Waals surface area contributed by atoms with Crippen LogP contribution in [-0.2, 0) is 0 Å². The molecule has 0 aromatic heterocycles. The first-order valence-corrected chi connectivity index (χ1v) is 6.48. The van der Waals surface area contributed by atoms with Crippen LogP contribution in [0, 0.1) is 5.92 Å². The van der Waals surface area contributed by atoms with Crippen LogP contribution < -0.4 is 5.32 Å². The summed E-state index contributed by atoms with van der Waals surface area (Å²) >= 11 is 0. The minimum absolute atomic E-state index is 0.472. The molecule has 1 N–H and O–H groups in total. The van der Waals surface area contributed by atoms with E-state index in [1.807, 2.05) is 0 Å². The second-order valence-corrected chi connectivity index (χ2v) is 4.98. The van der Waals surface area contributed by atoms with Gasteiger partial charge in [-0.3, -0.25) is 0 Å². The molecule has 1 unspecified atom stereocenters. The van der Waals surface area contributed by atoms with E-state index < -0.39 is 0 Å². The molecule has 0 radical (unpaired) electrons. The number of unbranched alkanes of at least 4 members (excludes halogenated alkanes) is 1. The first kappa shape index (κ1) is 13.2. The zero-order chi connectivity index (χ0) is 11.8. The van der Waals surface area contributed by atoms with Gasteiger partial charge in [-0.2, -0.15) is 0 Å². The summed E-state index contributed by atoms with van der Waals surface area (Å²) in [5.74, 6) is 0.839. The van der Waals surface area contributed by atoms with Gasteiger partial charge in [-0.15, -0.1) is 0 Å². The molecule has 0 heterocycles. The summed E-state index contributed by atoms with van der Waals surface area (Å²) in [6, 6.07) is 11.1. The van der Waals surface area contributed by atoms with E-state index in [9.17, 15) is 0 Å². The lowest BCUT2D eigenvalue weighted by atomic mass is 10.1. The largest absolute Gasteiger partial charge is 0.310 e. The molecule has 0 amide bonds. The van der Waals surface area contributed by atoms with E-state index in [-0.39, 0.29) is 0 Å². The van der Waals surface area contributed by atoms with Crippen molar-refractivity contribution in [1.82, 2.24) is 5.32 Å². The molecule has 16 heavy (non-hydrogen) atoms. The number of hydrogen-bond donors (Lipinski definition) is 1. The standard InChI is InChI=1S/C15H25N/c1-13(2)9-7-8-12-16-14(3)15-10-5-4-6-11-15/h4-6,10-11,13-14,16H,7-9,12H2,1-3H3. The lowest BCUT2D eigenvalue weighted by Crippen LogP contribution is -2.19. The Morgan fingerprint density at radius 2 is 1.69 bits per heavy atom. The number of hydrogen-bond acceptors (Lipinski definition) is 1. The molecule has 0 saturated carbocycles. The summed E-state index contributed by atoms with van der Waals surface area (Å²) in [7, 11) is 0. The summed E-state index contributed by atoms with van der Waals surface area (Å²) in [6.45, 7) is 7.95. The highest BCUT2D eigenvalue weighted by atomic mass is 14.9. The lowest BCUT2D eigenvalue weighted by Gasteiger charge is -2.14. The van der Waals surface area contributed by atoms with Gasteiger partial charge in [0.25, 0.3) is 0 Å². The van der Waals surface area contributed by atoms with Crippen molar-refractivity contribution in [3.8, 4) is 0 Å². The minimum atomic E-state index is 0.472. The molecule has 1 aromatic rings. The average molecular weight is 219 g/mol. The fraction of sp³-hybridized carbons (Fsp3) is 0.600. The van der Waals surface area contributed by atoms with Crippen LogP contribution in [0.15, 0.2) is 30.3 Å². The fourth-order valence-corrected chi connectivity index (χ4v) is 1.86. The van der Waals surface area contributed by atoms with Gasteiger partial charge in [-0.25, -0.2) is 0 Å². The van der Waals surface area contributed by atoms with Crippen molar-refractivity contribution in [2.45, 2.75) is 46.1 Å². The van der Waals surface area contributed by atoms with E-state index in [0.29, 0.717) is 6.04 Å². The van der Waals surface area contributed by atoms with Gasteiger partial charge in [0.2, 0.25) is 0 Å². The molecule has 1 nitrogen and oxygen atoms in total. The quantitative estimate of drug-likeness (QED) is 0.679. The van der Waals surface area contributed by atoms with Crippen molar-refractivity contribution in [2.75, 3.05) is 6.54 Å². The maximum absolute atomic E-state index is 3.57. The smallest absolute Gasteiger partial charge is 0.0291 e. The van der Waals surface area contributed by atoms with E-state index in [0.717, 1.165) is 12.5 Å². The Kier molecular flexibility index (Phi) is 6.17. The zero-order valence-electron chi connectivity index (χ0n) is 10.9. The molecule has 0 fully saturated rings. The fourth-order valence-electron chi connectivity index (χ4n) is 1.86. The van der Waals surface area contributed by atoms with E-state index in [4.69, 9.17) is 0 Å². The van der Waals surface area contributed by atoms with Gasteiger partial charge in [-0.05, 0) is 31.4 Å². The minimum Gasteiger partial charge on any atom is -0.310 e. The van der Waals surface area contributed by atoms with Gasteiger partial charge in [0.05, 0.1) is 0 Å². The molecule has 1 atom stereocenters. The zero-order valence-corrected chi connectivity index (χ0v) is 10.9. The van der Waals surface area contributed by atoms with Crippen molar-refractivity contribution in [3.05, 3.63) is 35.9 Å². The molecule has 1 heteroatoms. The Bertz CT molecular complexity index is 266. The molecular formula is C15H25N. The molecule has 0 aliphatic rings. The van der Waals surface area contributed by atoms with Crippen LogP contribution in [-0.4, -0.2) is 6.54 Å². The monoisotopic (exact) mass is 219 g/mol. The van der Waals surface area contributed by atoms with Crippen molar-refractivity contribution >= 4 is 0 Å². The number of nitrogens with one attached hydrogen (secondary N) is 1. The maximum atomic E-state index is 3.57. The van der Waals surface area contributed by atoms with Gasteiger partial charge in [0.1, 0.15) is 0 Å². The van der Waals surface area contributed by atoms with Crippen molar-refractivity contribution < 1.29 is 0 Å². The highest BCUT2D eigenvalue weighted by Gasteiger charge is 2.02. The highest BCUT2D eigenvalue weighted by molar-refractivity contribution is 5.17. The average Bonchev–Trinajstić information content (AvgIpc) is 2.29. The van der Waals surface area contributed by atoms with Gasteiger partial charge >= 0.3 is 0 Å². The normalized spacial score (nSPS) is 13.0. The van der Waals surface area contributed by atoms with Crippen LogP contribution in [0.5, 0.6) is 0 Å². The Morgan fingerprint density at radius 1 is 1.00 bits per heavy atom. The third kappa shape index (κ3) is 5.32. The Morgan fingerprint density at radius 3 is 2.31 bits per heavy atom. The van der Waals surface area contributed by atoms with E-state index >= 15 is 0 Å². The van der Waals surface area contributed by atoms with Crippen LogP contribution in [0.4, 0.5) is 0 Å². The Hall–Kier alpha value is -0.820. The Balaban J connectivity index is 2.14. The number of benzene rings is 1. The second kappa shape index (κ2) is 7.45. The van der Waals surface area contributed by atoms with Crippen LogP contribution in [0.1, 0.15) is 51.6 Å². The molecule has 0 spiro atoms. The molecule has 0 bridgehead atoms. The van der Waals surface area contributed by atoms with E-state index in [2.05, 4.69) is 56.4 Å². The van der Waals surface area contributed by atoms with Gasteiger partial charge in [-0.1, -0.05) is 57.0 Å². The van der Waals surface area contributed by atoms with Crippen molar-refractivity contribution in [1.29, 1.82) is 0 Å². The van der Waals surface area contributed by atoms with Gasteiger partial charge in [0, 0.05) is 6.04 Å². The van der Waals surface area contributed by atoms with Gasteiger partial charge in [0.15, 0.2) is 0 Å². The maximum Gasteiger partial charge on any atom is 0.0291 e. The predicted molar refractivity (Wildman–Crippen MR) is 71.5 cm³/mol. The van der Waals surface area contributed by atoms with Crippen molar-refractivity contribution in [3.63, 3.8) is 0 Å². The molecule has 0 aliphatic heterocycles. The molecule has 90 valence electrons. The van der Waals surface area contributed by atoms with Crippen molar-refractivity contribution in [2.24, 2.45) is 5.92 Å². The third-order valence-electron chi connectivity index (χ3n) is 2.96. The van der Waals surface area contributed by atoms with E-state index in [1.54, 1.807) is 0 Å². The molecule has 1 aromatic carbocycles. The molecule has 1 rings (SSSR count). The first-order chi connectivity index (χ1) is 7.70. The van der Waals surface area contributed by atoms with Gasteiger partial charge < -0.3 is 5.32 Å². The van der Waals surface area contributed by atoms with Crippen LogP contribution in [0.2, 0.25) is 0 Å². The van der Waals surface area contributed by atoms with Crippen LogP contribution in [0.3, 0.4) is 0 Å². The SMILES string of the molecule is CC(C)CCCCNC(C)c1ccccc1. The predicted octanol–water partition coefficient (Wildman–Crippen LogP) is 4.16. The lowest BCUT2D eigenvalue weighted by molar-refractivity contribution is 0.498. The third-order valence-corrected chi connectivity index (χ3v) is 2.96. The first-order valence-electron chi connectivity index (χ1n) is 6.48. The summed E-state index contributed by atoms with van der Waals surface area (Å²) in [5, 5.41) is 3.57. The van der Waals surface area contributed by atoms with E-state index in [1.165, 1.54) is 24.8 Å². The molecule has 0 saturated heterocycles. The summed E-state index contributed by atoms with van der Waals surface area (Å²) in [5.41, 5.74) is 1.38. The highest BCUT2D eigenvalue weighted by Crippen LogP contribution is 2.11. The van der Waals surface area contributed by atoms with Crippen LogP contribution >= 0.6 is 0 Å². The molecule has 0 aliphatic carbocycles. The molecular weight excluding hydrogens is 194 g/mol. The van der Waals surface area contributed by atoms with Crippen LogP contribution in [0.25, 0.3) is 0 Å². The second-order valence-electron chi connectivity index (χ2n) is 4.98.